The molecule has 1 aliphatic carbocycles. The topological polar surface area (TPSA) is 86.8 Å². The minimum Gasteiger partial charge on any atom is -0.354 e. The van der Waals surface area contributed by atoms with Crippen molar-refractivity contribution in [3.8, 4) is 0 Å². The number of amides is 4. The van der Waals surface area contributed by atoms with Crippen molar-refractivity contribution in [1.29, 1.82) is 0 Å². The molecule has 2 aromatic carbocycles. The summed E-state index contributed by atoms with van der Waals surface area (Å²) in [4.78, 5) is 55.8. The molecule has 0 spiro atoms. The Morgan fingerprint density at radius 2 is 1.61 bits per heavy atom. The van der Waals surface area contributed by atoms with Crippen molar-refractivity contribution in [2.24, 2.45) is 11.8 Å². The number of fused-ring (bicyclic) bond motifs is 1. The molecule has 1 fully saturated rings. The molecule has 0 saturated carbocycles. The molecule has 1 heterocycles. The summed E-state index contributed by atoms with van der Waals surface area (Å²) in [7, 11) is 0. The summed E-state index contributed by atoms with van der Waals surface area (Å²) < 4.78 is 0. The number of hydrogen-bond acceptors (Lipinski definition) is 4. The molecule has 1 aliphatic heterocycles. The lowest BCUT2D eigenvalue weighted by Crippen LogP contribution is -2.51. The minimum atomic E-state index is -0.760. The zero-order valence-electron chi connectivity index (χ0n) is 21.6. The summed E-state index contributed by atoms with van der Waals surface area (Å²) >= 11 is 6.07. The third kappa shape index (κ3) is 6.51. The van der Waals surface area contributed by atoms with Gasteiger partial charge in [0.2, 0.25) is 23.6 Å². The van der Waals surface area contributed by atoms with Crippen LogP contribution in [0, 0.1) is 11.8 Å². The zero-order valence-corrected chi connectivity index (χ0v) is 22.4. The van der Waals surface area contributed by atoms with Gasteiger partial charge in [-0.3, -0.25) is 24.1 Å². The fourth-order valence-electron chi connectivity index (χ4n) is 5.15. The molecule has 0 radical (unpaired) electrons. The van der Waals surface area contributed by atoms with Crippen LogP contribution in [0.2, 0.25) is 5.02 Å². The second kappa shape index (κ2) is 12.9. The van der Waals surface area contributed by atoms with Crippen molar-refractivity contribution in [3.05, 3.63) is 82.9 Å². The predicted molar refractivity (Wildman–Crippen MR) is 146 cm³/mol. The second-order valence-corrected chi connectivity index (χ2v) is 10.3. The molecule has 200 valence electrons. The van der Waals surface area contributed by atoms with E-state index in [4.69, 9.17) is 11.6 Å². The van der Waals surface area contributed by atoms with E-state index in [1.165, 1.54) is 4.90 Å². The lowest BCUT2D eigenvalue weighted by molar-refractivity contribution is -0.144. The first-order valence-corrected chi connectivity index (χ1v) is 13.6. The second-order valence-electron chi connectivity index (χ2n) is 9.88. The van der Waals surface area contributed by atoms with Crippen molar-refractivity contribution in [2.75, 3.05) is 13.1 Å². The van der Waals surface area contributed by atoms with Gasteiger partial charge in [-0.15, -0.1) is 0 Å². The Hall–Kier alpha value is -3.45. The average molecular weight is 536 g/mol. The van der Waals surface area contributed by atoms with Crippen LogP contribution < -0.4 is 5.32 Å². The Kier molecular flexibility index (Phi) is 9.34. The van der Waals surface area contributed by atoms with Crippen LogP contribution >= 0.6 is 11.6 Å². The quantitative estimate of drug-likeness (QED) is 0.346. The first-order valence-electron chi connectivity index (χ1n) is 13.2. The number of rotatable bonds is 11. The van der Waals surface area contributed by atoms with Crippen molar-refractivity contribution >= 4 is 35.2 Å². The van der Waals surface area contributed by atoms with Gasteiger partial charge in [-0.1, -0.05) is 73.1 Å². The fourth-order valence-corrected chi connectivity index (χ4v) is 5.27. The van der Waals surface area contributed by atoms with Gasteiger partial charge in [-0.05, 0) is 42.5 Å². The van der Waals surface area contributed by atoms with Crippen molar-refractivity contribution in [2.45, 2.75) is 51.6 Å². The molecule has 4 amide bonds. The van der Waals surface area contributed by atoms with Crippen LogP contribution in [-0.4, -0.2) is 52.6 Å². The molecule has 3 atom stereocenters. The predicted octanol–water partition coefficient (Wildman–Crippen LogP) is 4.15. The van der Waals surface area contributed by atoms with Crippen LogP contribution in [0.25, 0.3) is 0 Å². The summed E-state index contributed by atoms with van der Waals surface area (Å²) in [6.07, 6.45) is 6.05. The van der Waals surface area contributed by atoms with Crippen LogP contribution in [0.1, 0.15) is 43.7 Å². The lowest BCUT2D eigenvalue weighted by atomic mass is 9.85. The van der Waals surface area contributed by atoms with Crippen LogP contribution in [0.3, 0.4) is 0 Å². The van der Waals surface area contributed by atoms with Gasteiger partial charge in [0, 0.05) is 37.5 Å². The van der Waals surface area contributed by atoms with E-state index in [0.29, 0.717) is 30.8 Å². The van der Waals surface area contributed by atoms with E-state index in [1.54, 1.807) is 17.0 Å². The molecule has 38 heavy (non-hydrogen) atoms. The number of halogens is 1. The lowest BCUT2D eigenvalue weighted by Gasteiger charge is -2.32. The summed E-state index contributed by atoms with van der Waals surface area (Å²) in [5.74, 6) is -1.60. The van der Waals surface area contributed by atoms with Gasteiger partial charge in [-0.25, -0.2) is 0 Å². The third-order valence-electron chi connectivity index (χ3n) is 7.23. The smallest absolute Gasteiger partial charge is 0.243 e. The number of allylic oxidation sites excluding steroid dienone is 2. The van der Waals surface area contributed by atoms with Crippen molar-refractivity contribution in [3.63, 3.8) is 0 Å². The first kappa shape index (κ1) is 27.6. The largest absolute Gasteiger partial charge is 0.354 e. The zero-order chi connectivity index (χ0) is 27.1. The highest BCUT2D eigenvalue weighted by Gasteiger charge is 2.47. The van der Waals surface area contributed by atoms with Crippen LogP contribution in [0.15, 0.2) is 66.7 Å². The minimum absolute atomic E-state index is 0.00918. The monoisotopic (exact) mass is 535 g/mol. The van der Waals surface area contributed by atoms with E-state index >= 15 is 0 Å². The maximum Gasteiger partial charge on any atom is 0.243 e. The number of likely N-dealkylation sites (tertiary alicyclic amines) is 1. The number of nitrogens with one attached hydrogen (secondary N) is 1. The van der Waals surface area contributed by atoms with Gasteiger partial charge >= 0.3 is 0 Å². The molecule has 0 aromatic heterocycles. The summed E-state index contributed by atoms with van der Waals surface area (Å²) in [6.45, 7) is 2.68. The number of carbonyl (C=O) groups is 4. The standard InChI is InChI=1S/C30H34ClN3O4/c1-2-17-32-28(36)26(19-21-8-4-3-5-9-21)34(20-22-12-14-23(31)15-13-22)27(35)16-18-33-29(37)24-10-6-7-11-25(24)30(33)38/h3-9,12-15,24-26H,2,10-11,16-20H2,1H3,(H,32,36)/t24-,25+,26?. The molecule has 2 aromatic rings. The van der Waals surface area contributed by atoms with Crippen molar-refractivity contribution < 1.29 is 19.2 Å². The number of imide groups is 1. The SMILES string of the molecule is CCCNC(=O)C(Cc1ccccc1)N(Cc1ccc(Cl)cc1)C(=O)CCN1C(=O)[C@H]2CC=CC[C@H]2C1=O. The van der Waals surface area contributed by atoms with Gasteiger partial charge < -0.3 is 10.2 Å². The van der Waals surface area contributed by atoms with Gasteiger partial charge in [0.1, 0.15) is 6.04 Å². The highest BCUT2D eigenvalue weighted by atomic mass is 35.5. The molecular formula is C30H34ClN3O4. The maximum atomic E-state index is 13.8. The fraction of sp³-hybridized carbons (Fsp3) is 0.400. The highest BCUT2D eigenvalue weighted by Crippen LogP contribution is 2.35. The van der Waals surface area contributed by atoms with E-state index in [9.17, 15) is 19.2 Å². The molecule has 0 bridgehead atoms. The molecule has 7 nitrogen and oxygen atoms in total. The van der Waals surface area contributed by atoms with E-state index < -0.39 is 6.04 Å². The van der Waals surface area contributed by atoms with E-state index in [1.807, 2.05) is 61.5 Å². The van der Waals surface area contributed by atoms with Crippen molar-refractivity contribution in [1.82, 2.24) is 15.1 Å². The Morgan fingerprint density at radius 1 is 0.974 bits per heavy atom. The normalized spacial score (nSPS) is 19.3. The third-order valence-corrected chi connectivity index (χ3v) is 7.49. The number of carbonyl (C=O) groups excluding carboxylic acids is 4. The molecule has 1 saturated heterocycles. The van der Waals surface area contributed by atoms with E-state index in [-0.39, 0.29) is 55.0 Å². The molecule has 4 rings (SSSR count). The Balaban J connectivity index is 1.57. The molecular weight excluding hydrogens is 502 g/mol. The first-order chi connectivity index (χ1) is 18.4. The molecule has 1 unspecified atom stereocenters. The van der Waals surface area contributed by atoms with Crippen LogP contribution in [-0.2, 0) is 32.1 Å². The number of benzene rings is 2. The van der Waals surface area contributed by atoms with Crippen LogP contribution in [0.4, 0.5) is 0 Å². The van der Waals surface area contributed by atoms with Crippen LogP contribution in [0.5, 0.6) is 0 Å². The van der Waals surface area contributed by atoms with Gasteiger partial charge in [-0.2, -0.15) is 0 Å². The molecule has 2 aliphatic rings. The maximum absolute atomic E-state index is 13.8. The van der Waals surface area contributed by atoms with E-state index in [0.717, 1.165) is 17.5 Å². The Morgan fingerprint density at radius 3 is 2.21 bits per heavy atom. The van der Waals surface area contributed by atoms with E-state index in [2.05, 4.69) is 5.32 Å². The Bertz CT molecular complexity index is 1160. The average Bonchev–Trinajstić information content (AvgIpc) is 3.18. The van der Waals surface area contributed by atoms with Gasteiger partial charge in [0.25, 0.3) is 0 Å². The summed E-state index contributed by atoms with van der Waals surface area (Å²) in [5, 5.41) is 3.53. The summed E-state index contributed by atoms with van der Waals surface area (Å²) in [5.41, 5.74) is 1.76. The van der Waals surface area contributed by atoms with Gasteiger partial charge in [0.15, 0.2) is 0 Å². The molecule has 1 N–H and O–H groups in total. The van der Waals surface area contributed by atoms with Gasteiger partial charge in [0.05, 0.1) is 11.8 Å². The number of hydrogen-bond donors (Lipinski definition) is 1. The Labute approximate surface area is 228 Å². The highest BCUT2D eigenvalue weighted by molar-refractivity contribution is 6.30. The number of nitrogens with zero attached hydrogens (tertiary/aromatic N) is 2. The summed E-state index contributed by atoms with van der Waals surface area (Å²) in [6, 6.07) is 16.0. The molecule has 8 heteroatoms.